The summed E-state index contributed by atoms with van der Waals surface area (Å²) in [7, 11) is 0. The molecule has 4 aliphatic rings. The van der Waals surface area contributed by atoms with E-state index in [2.05, 4.69) is 127 Å². The summed E-state index contributed by atoms with van der Waals surface area (Å²) in [5.74, 6) is 0. The number of nitrogens with zero attached hydrogens (tertiary/aromatic N) is 4. The minimum absolute atomic E-state index is 0.594. The Morgan fingerprint density at radius 2 is 0.829 bits per heavy atom. The Morgan fingerprint density at radius 3 is 1.29 bits per heavy atom. The molecule has 2 N–H and O–H groups in total. The van der Waals surface area contributed by atoms with E-state index in [1.807, 2.05) is 0 Å². The number of fused-ring (bicyclic) bond motifs is 10. The molecule has 4 heterocycles. The summed E-state index contributed by atoms with van der Waals surface area (Å²) in [5, 5.41) is 7.57. The van der Waals surface area contributed by atoms with Crippen molar-refractivity contribution in [2.75, 3.05) is 43.6 Å². The van der Waals surface area contributed by atoms with Crippen LogP contribution in [0.4, 0.5) is 45.5 Å². The van der Waals surface area contributed by atoms with Gasteiger partial charge < -0.3 is 0 Å². The van der Waals surface area contributed by atoms with Crippen molar-refractivity contribution in [1.82, 2.24) is 0 Å². The van der Waals surface area contributed by atoms with Crippen molar-refractivity contribution >= 4 is 53.8 Å². The Labute approximate surface area is 211 Å². The van der Waals surface area contributed by atoms with Gasteiger partial charge in [-0.25, -0.2) is 0 Å². The second-order valence-corrected chi connectivity index (χ2v) is 11.4. The number of anilines is 8. The molecule has 0 spiro atoms. The molecule has 0 fully saturated rings. The molecule has 4 aromatic carbocycles. The standard InChI is InChI=1S/C28H22N6.Pt/c1-3-11-23-21(9-1)29-17-31-20-34(28-16-8-6-14-26(28)31)24-12-4-2-10-22(24)30-18-32-19-33(23)27-15-7-5-13-25(27)32;/h1-16,29-30H,17-18H2;. The van der Waals surface area contributed by atoms with Gasteiger partial charge in [-0.3, -0.25) is 0 Å². The van der Waals surface area contributed by atoms with E-state index in [4.69, 9.17) is 0 Å². The average molecular weight is 638 g/mol. The zero-order valence-corrected chi connectivity index (χ0v) is 21.0. The number of hydrogen-bond acceptors (Lipinski definition) is 6. The number of nitrogens with one attached hydrogen (secondary N) is 2. The molecule has 0 unspecified atom stereocenters. The van der Waals surface area contributed by atoms with E-state index in [1.165, 1.54) is 42.4 Å². The summed E-state index contributed by atoms with van der Waals surface area (Å²) in [6, 6.07) is 35.0. The van der Waals surface area contributed by atoms with Crippen molar-refractivity contribution in [2.45, 2.75) is 0 Å². The fourth-order valence-electron chi connectivity index (χ4n) is 5.29. The van der Waals surface area contributed by atoms with Crippen molar-refractivity contribution in [3.8, 4) is 0 Å². The van der Waals surface area contributed by atoms with Crippen molar-refractivity contribution < 1.29 is 17.6 Å². The first-order valence-electron chi connectivity index (χ1n) is 11.7. The predicted molar refractivity (Wildman–Crippen MR) is 142 cm³/mol. The van der Waals surface area contributed by atoms with E-state index < -0.39 is 17.6 Å². The SMILES string of the molecule is c1ccc2c(c1)NCN1[C]3=[Pt]=[C]4N(CNc5ccccc5N3c3ccccc31)c1ccccc1N42. The number of benzene rings is 4. The third-order valence-corrected chi connectivity index (χ3v) is 10.1. The van der Waals surface area contributed by atoms with Crippen LogP contribution in [0.5, 0.6) is 0 Å². The van der Waals surface area contributed by atoms with Gasteiger partial charge in [0.15, 0.2) is 0 Å². The first-order chi connectivity index (χ1) is 17.4. The van der Waals surface area contributed by atoms with Crippen LogP contribution in [-0.4, -0.2) is 21.6 Å². The van der Waals surface area contributed by atoms with Gasteiger partial charge in [0.1, 0.15) is 0 Å². The molecule has 7 heteroatoms. The molecule has 174 valence electrons. The van der Waals surface area contributed by atoms with E-state index >= 15 is 0 Å². The van der Waals surface area contributed by atoms with Crippen LogP contribution in [0.1, 0.15) is 0 Å². The summed E-state index contributed by atoms with van der Waals surface area (Å²) in [4.78, 5) is 9.95. The Kier molecular flexibility index (Phi) is 4.05. The van der Waals surface area contributed by atoms with Crippen molar-refractivity contribution in [1.29, 1.82) is 0 Å². The van der Waals surface area contributed by atoms with Crippen LogP contribution < -0.4 is 30.2 Å². The fourth-order valence-corrected chi connectivity index (χ4v) is 8.87. The monoisotopic (exact) mass is 637 g/mol. The van der Waals surface area contributed by atoms with Crippen molar-refractivity contribution in [3.63, 3.8) is 0 Å². The topological polar surface area (TPSA) is 37.0 Å². The van der Waals surface area contributed by atoms with Gasteiger partial charge in [0, 0.05) is 0 Å². The summed E-state index contributed by atoms with van der Waals surface area (Å²) < 4.78 is 2.72. The first kappa shape index (κ1) is 19.4. The van der Waals surface area contributed by atoms with Crippen LogP contribution in [0.3, 0.4) is 0 Å². The van der Waals surface area contributed by atoms with Crippen LogP contribution in [0.25, 0.3) is 0 Å². The molecule has 0 saturated carbocycles. The van der Waals surface area contributed by atoms with Gasteiger partial charge in [0.2, 0.25) is 0 Å². The van der Waals surface area contributed by atoms with Gasteiger partial charge >= 0.3 is 212 Å². The van der Waals surface area contributed by atoms with Crippen LogP contribution in [-0.2, 0) is 17.6 Å². The summed E-state index contributed by atoms with van der Waals surface area (Å²) in [5.41, 5.74) is 9.68. The molecule has 0 atom stereocenters. The molecular weight excluding hydrogens is 615 g/mol. The predicted octanol–water partition coefficient (Wildman–Crippen LogP) is 5.33. The van der Waals surface area contributed by atoms with Gasteiger partial charge in [-0.15, -0.1) is 0 Å². The first-order valence-corrected chi connectivity index (χ1v) is 14.0. The molecule has 0 aliphatic carbocycles. The van der Waals surface area contributed by atoms with Gasteiger partial charge in [-0.1, -0.05) is 0 Å². The van der Waals surface area contributed by atoms with Gasteiger partial charge in [-0.05, 0) is 0 Å². The second-order valence-electron chi connectivity index (χ2n) is 8.77. The molecular formula is C28H22N6Pt. The molecule has 35 heavy (non-hydrogen) atoms. The molecule has 4 aliphatic heterocycles. The Bertz CT molecular complexity index is 1470. The zero-order chi connectivity index (χ0) is 22.9. The van der Waals surface area contributed by atoms with Crippen LogP contribution in [0, 0.1) is 0 Å². The van der Waals surface area contributed by atoms with E-state index in [-0.39, 0.29) is 0 Å². The van der Waals surface area contributed by atoms with Crippen molar-refractivity contribution in [3.05, 3.63) is 97.1 Å². The normalized spacial score (nSPS) is 17.1. The Morgan fingerprint density at radius 1 is 0.457 bits per heavy atom. The summed E-state index contributed by atoms with van der Waals surface area (Å²) >= 11 is -0.594. The molecule has 8 rings (SSSR count). The van der Waals surface area contributed by atoms with Gasteiger partial charge in [0.25, 0.3) is 0 Å². The third-order valence-electron chi connectivity index (χ3n) is 6.87. The van der Waals surface area contributed by atoms with Crippen LogP contribution in [0.2, 0.25) is 0 Å². The maximum absolute atomic E-state index is 3.79. The number of rotatable bonds is 0. The van der Waals surface area contributed by atoms with E-state index in [1.54, 1.807) is 0 Å². The number of hydrogen-bond donors (Lipinski definition) is 2. The van der Waals surface area contributed by atoms with Gasteiger partial charge in [0.05, 0.1) is 0 Å². The molecule has 0 radical (unpaired) electrons. The molecule has 0 aromatic heterocycles. The van der Waals surface area contributed by atoms with Crippen molar-refractivity contribution in [2.24, 2.45) is 0 Å². The molecule has 2 bridgehead atoms. The molecule has 0 saturated heterocycles. The summed E-state index contributed by atoms with van der Waals surface area (Å²) in [6.45, 7) is 1.44. The Balaban J connectivity index is 1.50. The molecule has 6 nitrogen and oxygen atoms in total. The van der Waals surface area contributed by atoms with Gasteiger partial charge in [-0.2, -0.15) is 0 Å². The quantitative estimate of drug-likeness (QED) is 0.272. The second kappa shape index (κ2) is 7.30. The fraction of sp³-hybridized carbons (Fsp3) is 0.0714. The Hall–Kier alpha value is -3.89. The van der Waals surface area contributed by atoms with E-state index in [0.29, 0.717) is 0 Å². The summed E-state index contributed by atoms with van der Waals surface area (Å²) in [6.07, 6.45) is 0. The van der Waals surface area contributed by atoms with Crippen LogP contribution >= 0.6 is 0 Å². The zero-order valence-electron chi connectivity index (χ0n) is 18.8. The number of para-hydroxylation sites is 8. The molecule has 0 amide bonds. The third kappa shape index (κ3) is 2.69. The van der Waals surface area contributed by atoms with E-state index in [0.717, 1.165) is 24.7 Å². The van der Waals surface area contributed by atoms with E-state index in [9.17, 15) is 0 Å². The maximum atomic E-state index is 3.79. The molecule has 4 aromatic rings. The average Bonchev–Trinajstić information content (AvgIpc) is 3.41. The van der Waals surface area contributed by atoms with Crippen LogP contribution in [0.15, 0.2) is 97.1 Å². The minimum atomic E-state index is -0.594.